The van der Waals surface area contributed by atoms with E-state index in [0.717, 1.165) is 26.1 Å². The van der Waals surface area contributed by atoms with Gasteiger partial charge in [-0.1, -0.05) is 5.57 Å². The number of ether oxygens (including phenoxy) is 1. The molecule has 2 unspecified atom stereocenters. The normalized spacial score (nSPS) is 25.5. The molecule has 0 amide bonds. The van der Waals surface area contributed by atoms with Gasteiger partial charge in [-0.15, -0.1) is 6.58 Å². The molecule has 0 spiro atoms. The summed E-state index contributed by atoms with van der Waals surface area (Å²) in [5.74, 6) is 6.06. The van der Waals surface area contributed by atoms with Crippen LogP contribution < -0.4 is 11.3 Å². The second kappa shape index (κ2) is 5.37. The van der Waals surface area contributed by atoms with E-state index in [-0.39, 0.29) is 0 Å². The lowest BCUT2D eigenvalue weighted by molar-refractivity contribution is 0.0393. The first-order chi connectivity index (χ1) is 6.24. The Morgan fingerprint density at radius 2 is 2.54 bits per heavy atom. The molecule has 3 heteroatoms. The molecular formula is C10H20N2O. The maximum absolute atomic E-state index is 5.51. The molecule has 1 heterocycles. The highest BCUT2D eigenvalue weighted by Gasteiger charge is 2.22. The number of hydrazine groups is 1. The third-order valence-electron chi connectivity index (χ3n) is 2.55. The molecule has 0 aromatic rings. The minimum atomic E-state index is 0.331. The lowest BCUT2D eigenvalue weighted by Gasteiger charge is -2.29. The van der Waals surface area contributed by atoms with Crippen molar-refractivity contribution in [2.45, 2.75) is 32.2 Å². The highest BCUT2D eigenvalue weighted by atomic mass is 16.5. The monoisotopic (exact) mass is 184 g/mol. The number of nitrogens with two attached hydrogens (primary N) is 1. The van der Waals surface area contributed by atoms with Gasteiger partial charge in [0.25, 0.3) is 0 Å². The van der Waals surface area contributed by atoms with E-state index < -0.39 is 0 Å². The summed E-state index contributed by atoms with van der Waals surface area (Å²) in [6.45, 7) is 7.68. The fourth-order valence-corrected chi connectivity index (χ4v) is 1.82. The summed E-state index contributed by atoms with van der Waals surface area (Å²) in [6, 6.07) is 0.331. The highest BCUT2D eigenvalue weighted by molar-refractivity contribution is 4.94. The molecule has 1 rings (SSSR count). The van der Waals surface area contributed by atoms with Gasteiger partial charge < -0.3 is 4.74 Å². The van der Waals surface area contributed by atoms with Crippen LogP contribution in [0.25, 0.3) is 0 Å². The van der Waals surface area contributed by atoms with Crippen molar-refractivity contribution in [2.24, 2.45) is 11.8 Å². The fraction of sp³-hybridized carbons (Fsp3) is 0.800. The van der Waals surface area contributed by atoms with Crippen molar-refractivity contribution in [1.82, 2.24) is 5.43 Å². The molecule has 1 aliphatic rings. The van der Waals surface area contributed by atoms with Crippen molar-refractivity contribution < 1.29 is 4.74 Å². The number of rotatable bonds is 4. The van der Waals surface area contributed by atoms with E-state index in [1.807, 2.05) is 6.92 Å². The molecule has 0 aromatic heterocycles. The lowest BCUT2D eigenvalue weighted by Crippen LogP contribution is -2.44. The van der Waals surface area contributed by atoms with Gasteiger partial charge in [-0.3, -0.25) is 11.3 Å². The molecule has 0 radical (unpaired) electrons. The molecule has 0 bridgehead atoms. The molecule has 0 aliphatic carbocycles. The smallest absolute Gasteiger partial charge is 0.0509 e. The summed E-state index contributed by atoms with van der Waals surface area (Å²) in [7, 11) is 0. The summed E-state index contributed by atoms with van der Waals surface area (Å²) in [6.07, 6.45) is 3.31. The van der Waals surface area contributed by atoms with Crippen molar-refractivity contribution in [3.05, 3.63) is 12.2 Å². The molecule has 76 valence electrons. The van der Waals surface area contributed by atoms with Crippen LogP contribution in [0.1, 0.15) is 26.2 Å². The van der Waals surface area contributed by atoms with Gasteiger partial charge in [-0.25, -0.2) is 0 Å². The number of nitrogens with one attached hydrogen (secondary N) is 1. The van der Waals surface area contributed by atoms with E-state index in [4.69, 9.17) is 10.6 Å². The Bertz CT molecular complexity index is 164. The molecule has 0 aromatic carbocycles. The first-order valence-corrected chi connectivity index (χ1v) is 4.92. The van der Waals surface area contributed by atoms with Crippen molar-refractivity contribution in [2.75, 3.05) is 13.2 Å². The standard InChI is InChI=1S/C10H20N2O/c1-8(2)6-10(12-11)9-4-3-5-13-7-9/h9-10,12H,1,3-7,11H2,2H3. The van der Waals surface area contributed by atoms with Crippen LogP contribution in [0.3, 0.4) is 0 Å². The zero-order valence-corrected chi connectivity index (χ0v) is 8.38. The van der Waals surface area contributed by atoms with Gasteiger partial charge in [0.05, 0.1) is 6.61 Å². The van der Waals surface area contributed by atoms with Crippen molar-refractivity contribution in [3.8, 4) is 0 Å². The quantitative estimate of drug-likeness (QED) is 0.392. The predicted octanol–water partition coefficient (Wildman–Crippen LogP) is 1.21. The molecule has 1 aliphatic heterocycles. The molecule has 3 N–H and O–H groups in total. The predicted molar refractivity (Wildman–Crippen MR) is 54.1 cm³/mol. The van der Waals surface area contributed by atoms with Crippen molar-refractivity contribution in [1.29, 1.82) is 0 Å². The van der Waals surface area contributed by atoms with Crippen LogP contribution in [0.5, 0.6) is 0 Å². The van der Waals surface area contributed by atoms with Gasteiger partial charge in [0.2, 0.25) is 0 Å². The van der Waals surface area contributed by atoms with E-state index in [9.17, 15) is 0 Å². The Morgan fingerprint density at radius 3 is 3.00 bits per heavy atom. The Labute approximate surface area is 80.3 Å². The van der Waals surface area contributed by atoms with E-state index in [1.54, 1.807) is 0 Å². The van der Waals surface area contributed by atoms with Crippen LogP contribution in [0.4, 0.5) is 0 Å². The van der Waals surface area contributed by atoms with Gasteiger partial charge in [-0.05, 0) is 32.1 Å². The van der Waals surface area contributed by atoms with Crippen LogP contribution >= 0.6 is 0 Å². The van der Waals surface area contributed by atoms with E-state index >= 15 is 0 Å². The third kappa shape index (κ3) is 3.46. The molecule has 3 nitrogen and oxygen atoms in total. The Hall–Kier alpha value is -0.380. The second-order valence-corrected chi connectivity index (χ2v) is 3.91. The molecular weight excluding hydrogens is 164 g/mol. The highest BCUT2D eigenvalue weighted by Crippen LogP contribution is 2.20. The van der Waals surface area contributed by atoms with Gasteiger partial charge in [0, 0.05) is 12.6 Å². The molecule has 13 heavy (non-hydrogen) atoms. The third-order valence-corrected chi connectivity index (χ3v) is 2.55. The zero-order valence-electron chi connectivity index (χ0n) is 8.38. The minimum absolute atomic E-state index is 0.331. The van der Waals surface area contributed by atoms with Crippen LogP contribution in [-0.2, 0) is 4.74 Å². The average molecular weight is 184 g/mol. The first-order valence-electron chi connectivity index (χ1n) is 4.92. The fourth-order valence-electron chi connectivity index (χ4n) is 1.82. The lowest BCUT2D eigenvalue weighted by atomic mass is 9.90. The van der Waals surface area contributed by atoms with Gasteiger partial charge >= 0.3 is 0 Å². The molecule has 0 saturated carbocycles. The summed E-state index contributed by atoms with van der Waals surface area (Å²) >= 11 is 0. The summed E-state index contributed by atoms with van der Waals surface area (Å²) < 4.78 is 5.42. The first kappa shape index (κ1) is 10.7. The van der Waals surface area contributed by atoms with E-state index in [0.29, 0.717) is 12.0 Å². The van der Waals surface area contributed by atoms with Gasteiger partial charge in [0.1, 0.15) is 0 Å². The maximum atomic E-state index is 5.51. The number of hydrogen-bond donors (Lipinski definition) is 2. The maximum Gasteiger partial charge on any atom is 0.0509 e. The van der Waals surface area contributed by atoms with Crippen LogP contribution in [0, 0.1) is 5.92 Å². The van der Waals surface area contributed by atoms with Gasteiger partial charge in [0.15, 0.2) is 0 Å². The minimum Gasteiger partial charge on any atom is -0.381 e. The van der Waals surface area contributed by atoms with Crippen molar-refractivity contribution in [3.63, 3.8) is 0 Å². The molecule has 2 atom stereocenters. The average Bonchev–Trinajstić information content (AvgIpc) is 2.15. The summed E-state index contributed by atoms with van der Waals surface area (Å²) in [4.78, 5) is 0. The van der Waals surface area contributed by atoms with Gasteiger partial charge in [-0.2, -0.15) is 0 Å². The van der Waals surface area contributed by atoms with E-state index in [1.165, 1.54) is 12.0 Å². The van der Waals surface area contributed by atoms with Crippen LogP contribution in [0.15, 0.2) is 12.2 Å². The SMILES string of the molecule is C=C(C)CC(NN)C1CCCOC1. The topological polar surface area (TPSA) is 47.3 Å². The van der Waals surface area contributed by atoms with Crippen LogP contribution in [0.2, 0.25) is 0 Å². The zero-order chi connectivity index (χ0) is 9.68. The Morgan fingerprint density at radius 1 is 1.77 bits per heavy atom. The Kier molecular flexibility index (Phi) is 4.42. The molecule has 1 saturated heterocycles. The summed E-state index contributed by atoms with van der Waals surface area (Å²) in [5, 5.41) is 0. The van der Waals surface area contributed by atoms with E-state index in [2.05, 4.69) is 12.0 Å². The largest absolute Gasteiger partial charge is 0.381 e. The Balaban J connectivity index is 2.39. The van der Waals surface area contributed by atoms with Crippen molar-refractivity contribution >= 4 is 0 Å². The number of hydrogen-bond acceptors (Lipinski definition) is 3. The second-order valence-electron chi connectivity index (χ2n) is 3.91. The van der Waals surface area contributed by atoms with Crippen LogP contribution in [-0.4, -0.2) is 19.3 Å². The molecule has 1 fully saturated rings. The summed E-state index contributed by atoms with van der Waals surface area (Å²) in [5.41, 5.74) is 4.04.